The zero-order valence-electron chi connectivity index (χ0n) is 62.4. The number of unbranched alkanes of at least 4 members (excludes halogenated alkanes) is 2. The second-order valence-electron chi connectivity index (χ2n) is 27.6. The second kappa shape index (κ2) is 42.7. The van der Waals surface area contributed by atoms with Crippen molar-refractivity contribution in [3.63, 3.8) is 0 Å². The maximum Gasteiger partial charge on any atom is 0.305 e. The highest BCUT2D eigenvalue weighted by molar-refractivity contribution is 8.00. The van der Waals surface area contributed by atoms with Gasteiger partial charge in [0.1, 0.15) is 66.5 Å². The summed E-state index contributed by atoms with van der Waals surface area (Å²) in [6.07, 6.45) is 3.30. The van der Waals surface area contributed by atoms with Crippen molar-refractivity contribution in [2.45, 2.75) is 172 Å². The number of carbonyl (C=O) groups excluding carboxylic acids is 13. The van der Waals surface area contributed by atoms with Gasteiger partial charge in [-0.15, -0.1) is 11.8 Å². The molecule has 20 N–H and O–H groups in total. The predicted octanol–water partition coefficient (Wildman–Crippen LogP) is -0.354. The molecule has 13 amide bonds. The van der Waals surface area contributed by atoms with E-state index < -0.39 is 193 Å². The van der Waals surface area contributed by atoms with Crippen molar-refractivity contribution in [3.8, 4) is 0 Å². The third-order valence-electron chi connectivity index (χ3n) is 18.9. The number of thioether (sulfide) groups is 1. The number of aliphatic carboxylic acids is 1. The Morgan fingerprint density at radius 2 is 1.02 bits per heavy atom. The molecule has 7 rings (SSSR count). The molecule has 2 aromatic heterocycles. The Hall–Kier alpha value is -11.0. The molecule has 33 nitrogen and oxygen atoms in total. The van der Waals surface area contributed by atoms with E-state index in [0.29, 0.717) is 57.8 Å². The van der Waals surface area contributed by atoms with Gasteiger partial charge < -0.3 is 100 Å². The SMILES string of the molecule is CCCC[C@@H]1NC(=O)[C@H](Cc2c[nH]c3ccccc23)NC(=O)[C@H](CC(=O)O)NC(=O)[C@H](COC)NC(=O)CNC(=O)[C@H](CO)NC(=O)[C@H]([C@@H](C)CC)NC(=O)[C@H](Cc2ccc3ccccc3c2)NC(=O)CSC[C@@H](C(N)=O)NC(=O)[C@H](C(C)C)NC(=O)[C@H](Cc2c[nH]c3ccccc23)NC(=O)[C@H](CCCCN)NC1=O. The van der Waals surface area contributed by atoms with Crippen LogP contribution in [0.5, 0.6) is 0 Å². The average Bonchev–Trinajstić information content (AvgIpc) is 1.71. The molecule has 0 bridgehead atoms. The van der Waals surface area contributed by atoms with Crippen LogP contribution < -0.4 is 75.3 Å². The van der Waals surface area contributed by atoms with Gasteiger partial charge in [0.2, 0.25) is 76.8 Å². The van der Waals surface area contributed by atoms with Gasteiger partial charge in [-0.1, -0.05) is 133 Å². The number of primary amides is 1. The molecule has 0 aliphatic carbocycles. The minimum absolute atomic E-state index is 0.0210. The topological polar surface area (TPSA) is 517 Å². The lowest BCUT2D eigenvalue weighted by atomic mass is 9.96. The van der Waals surface area contributed by atoms with Crippen molar-refractivity contribution in [1.29, 1.82) is 0 Å². The van der Waals surface area contributed by atoms with Gasteiger partial charge in [-0.25, -0.2) is 0 Å². The van der Waals surface area contributed by atoms with E-state index in [1.54, 1.807) is 94.7 Å². The number of fused-ring (bicyclic) bond motifs is 3. The number of nitrogens with one attached hydrogen (secondary N) is 14. The number of aliphatic hydroxyl groups excluding tert-OH is 1. The molecule has 1 fully saturated rings. The number of aliphatic hydroxyl groups is 1. The van der Waals surface area contributed by atoms with E-state index in [-0.39, 0.29) is 57.2 Å². The highest BCUT2D eigenvalue weighted by atomic mass is 32.2. The molecule has 3 heterocycles. The van der Waals surface area contributed by atoms with E-state index in [4.69, 9.17) is 16.2 Å². The maximum absolute atomic E-state index is 15.0. The molecule has 1 aliphatic rings. The molecule has 0 radical (unpaired) electrons. The maximum atomic E-state index is 15.0. The number of hydrogen-bond acceptors (Lipinski definition) is 18. The van der Waals surface area contributed by atoms with Crippen LogP contribution in [-0.4, -0.2) is 214 Å². The molecule has 1 saturated heterocycles. The van der Waals surface area contributed by atoms with Crippen LogP contribution in [0.25, 0.3) is 32.6 Å². The zero-order chi connectivity index (χ0) is 80.1. The first kappa shape index (κ1) is 86.3. The number of nitrogens with two attached hydrogens (primary N) is 2. The predicted molar refractivity (Wildman–Crippen MR) is 410 cm³/mol. The number of amides is 13. The van der Waals surface area contributed by atoms with Gasteiger partial charge in [-0.2, -0.15) is 0 Å². The quantitative estimate of drug-likeness (QED) is 0.0386. The number of carboxylic acid groups (broad SMARTS) is 1. The second-order valence-corrected chi connectivity index (χ2v) is 28.6. The summed E-state index contributed by atoms with van der Waals surface area (Å²) in [5.41, 5.74) is 14.8. The Balaban J connectivity index is 1.25. The summed E-state index contributed by atoms with van der Waals surface area (Å²) in [5.74, 6) is -16.1. The number of H-pyrrole nitrogens is 2. The van der Waals surface area contributed by atoms with Gasteiger partial charge in [0.25, 0.3) is 0 Å². The molecule has 0 saturated carbocycles. The minimum Gasteiger partial charge on any atom is -0.481 e. The summed E-state index contributed by atoms with van der Waals surface area (Å²) in [7, 11) is 1.17. The minimum atomic E-state index is -1.97. The fourth-order valence-electron chi connectivity index (χ4n) is 12.5. The Bertz CT molecular complexity index is 4240. The van der Waals surface area contributed by atoms with Gasteiger partial charge in [0, 0.05) is 66.3 Å². The number of aromatic amines is 2. The lowest BCUT2D eigenvalue weighted by Gasteiger charge is -2.29. The molecular formula is C76H102N16O17S. The number of benzene rings is 4. The molecule has 594 valence electrons. The standard InChI is InChI=1S/C76H102N16O17S/c1-7-9-22-52-68(100)84-53(25-16-17-28-77)69(101)86-56(32-47-35-80-51-24-15-13-21-49(47)51)73(105)91-64(41(3)4)75(107)90-60(66(78)98)39-110-40-62(95)82-54(30-43-26-27-44-18-10-11-19-45(44)29-43)72(104)92-65(42(5)8-2)76(108)89-58(37-93)67(99)81-36-61(94)83-59(38-109-6)74(106)88-57(33-63(96)97)71(103)87-55(70(102)85-52)31-46-34-79-50-23-14-12-20-48(46)50/h10-15,18-21,23-24,26-27,29,34-35,41-42,52-60,64-65,79-80,93H,7-9,16-17,22,25,28,30-33,36-40,77H2,1-6H3,(H2,78,98)(H,81,99)(H,82,95)(H,83,94)(H,84,100)(H,85,102)(H,86,101)(H,87,103)(H,88,106)(H,89,108)(H,90,107)(H,91,105)(H,92,104)(H,96,97)/t42-,52-,53-,54-,55-,56-,57-,58-,59-,60-,64-,65-/m0/s1. The molecule has 110 heavy (non-hydrogen) atoms. The van der Waals surface area contributed by atoms with Crippen LogP contribution in [-0.2, 0) is 91.1 Å². The molecule has 12 atom stereocenters. The number of aromatic nitrogens is 2. The number of carboxylic acids is 1. The fraction of sp³-hybridized carbons (Fsp3) is 0.474. The van der Waals surface area contributed by atoms with Crippen LogP contribution >= 0.6 is 11.8 Å². The van der Waals surface area contributed by atoms with Crippen molar-refractivity contribution in [1.82, 2.24) is 73.8 Å². The van der Waals surface area contributed by atoms with Gasteiger partial charge in [-0.05, 0) is 83.7 Å². The zero-order valence-corrected chi connectivity index (χ0v) is 63.2. The van der Waals surface area contributed by atoms with E-state index in [1.807, 2.05) is 43.3 Å². The summed E-state index contributed by atoms with van der Waals surface area (Å²) >= 11 is 0.869. The lowest BCUT2D eigenvalue weighted by molar-refractivity contribution is -0.141. The largest absolute Gasteiger partial charge is 0.481 e. The third-order valence-corrected chi connectivity index (χ3v) is 19.9. The van der Waals surface area contributed by atoms with E-state index in [0.717, 1.165) is 22.5 Å². The van der Waals surface area contributed by atoms with E-state index >= 15 is 4.79 Å². The van der Waals surface area contributed by atoms with E-state index in [2.05, 4.69) is 73.8 Å². The molecule has 0 unspecified atom stereocenters. The summed E-state index contributed by atoms with van der Waals surface area (Å²) in [6.45, 7) is 6.11. The van der Waals surface area contributed by atoms with Gasteiger partial charge >= 0.3 is 5.97 Å². The summed E-state index contributed by atoms with van der Waals surface area (Å²) < 4.78 is 5.21. The Kier molecular flexibility index (Phi) is 33.5. The van der Waals surface area contributed by atoms with Gasteiger partial charge in [0.05, 0.1) is 31.9 Å². The lowest BCUT2D eigenvalue weighted by Crippen LogP contribution is -2.61. The van der Waals surface area contributed by atoms with Crippen LogP contribution in [0.15, 0.2) is 103 Å². The highest BCUT2D eigenvalue weighted by Crippen LogP contribution is 2.23. The van der Waals surface area contributed by atoms with Crippen molar-refractivity contribution in [3.05, 3.63) is 120 Å². The van der Waals surface area contributed by atoms with Crippen molar-refractivity contribution >= 4 is 127 Å². The summed E-state index contributed by atoms with van der Waals surface area (Å²) in [4.78, 5) is 205. The normalized spacial score (nSPS) is 23.4. The van der Waals surface area contributed by atoms with Crippen LogP contribution in [0.2, 0.25) is 0 Å². The molecule has 4 aromatic carbocycles. The number of methoxy groups -OCH3 is 1. The summed E-state index contributed by atoms with van der Waals surface area (Å²) in [5, 5.41) is 54.7. The highest BCUT2D eigenvalue weighted by Gasteiger charge is 2.38. The fourth-order valence-corrected chi connectivity index (χ4v) is 13.4. The molecular weight excluding hydrogens is 1440 g/mol. The van der Waals surface area contributed by atoms with Gasteiger partial charge in [-0.3, -0.25) is 67.1 Å². The van der Waals surface area contributed by atoms with Crippen LogP contribution in [0, 0.1) is 11.8 Å². The van der Waals surface area contributed by atoms with Crippen LogP contribution in [0.1, 0.15) is 103 Å². The summed E-state index contributed by atoms with van der Waals surface area (Å²) in [6, 6.07) is 9.99. The number of hydrogen-bond donors (Lipinski definition) is 18. The Morgan fingerprint density at radius 3 is 1.57 bits per heavy atom. The first-order chi connectivity index (χ1) is 52.6. The van der Waals surface area contributed by atoms with Crippen molar-refractivity contribution < 1.29 is 82.1 Å². The Labute approximate surface area is 640 Å². The molecule has 34 heteroatoms. The smallest absolute Gasteiger partial charge is 0.305 e. The number of rotatable bonds is 22. The van der Waals surface area contributed by atoms with Gasteiger partial charge in [0.15, 0.2) is 0 Å². The van der Waals surface area contributed by atoms with E-state index in [9.17, 15) is 72.5 Å². The average molecular weight is 1540 g/mol. The molecule has 6 aromatic rings. The Morgan fingerprint density at radius 1 is 0.527 bits per heavy atom. The van der Waals surface area contributed by atoms with Crippen molar-refractivity contribution in [2.24, 2.45) is 23.3 Å². The monoisotopic (exact) mass is 1540 g/mol. The number of ether oxygens (including phenoxy) is 1. The number of carbonyl (C=O) groups is 14. The third kappa shape index (κ3) is 25.3. The first-order valence-corrected chi connectivity index (χ1v) is 37.9. The number of para-hydroxylation sites is 2. The first-order valence-electron chi connectivity index (χ1n) is 36.7. The van der Waals surface area contributed by atoms with Crippen LogP contribution in [0.3, 0.4) is 0 Å². The molecule has 1 aliphatic heterocycles. The van der Waals surface area contributed by atoms with Crippen LogP contribution in [0.4, 0.5) is 0 Å². The van der Waals surface area contributed by atoms with E-state index in [1.165, 1.54) is 7.11 Å². The molecule has 0 spiro atoms. The van der Waals surface area contributed by atoms with Crippen molar-refractivity contribution in [2.75, 3.05) is 44.9 Å².